The minimum absolute atomic E-state index is 0.183. The van der Waals surface area contributed by atoms with Gasteiger partial charge in [0, 0.05) is 36.9 Å². The molecule has 4 nitrogen and oxygen atoms in total. The number of hydrogen-bond donors (Lipinski definition) is 2. The molecule has 2 bridgehead atoms. The zero-order chi connectivity index (χ0) is 13.1. The second kappa shape index (κ2) is 5.70. The molecule has 4 heteroatoms. The standard InChI is InChI=1S/C15H21N3O/c19-15(4-1-11-5-7-16-8-6-11)18-14-9-12-2-3-13(10-14)17-12/h5-8,12-14,17H,1-4,9-10H2,(H,18,19). The average molecular weight is 259 g/mol. The van der Waals surface area contributed by atoms with Crippen molar-refractivity contribution in [2.24, 2.45) is 0 Å². The zero-order valence-electron chi connectivity index (χ0n) is 11.1. The number of nitrogens with one attached hydrogen (secondary N) is 2. The maximum absolute atomic E-state index is 12.0. The molecule has 102 valence electrons. The molecule has 19 heavy (non-hydrogen) atoms. The number of fused-ring (bicyclic) bond motifs is 2. The van der Waals surface area contributed by atoms with Crippen LogP contribution >= 0.6 is 0 Å². The van der Waals surface area contributed by atoms with Crippen molar-refractivity contribution in [1.82, 2.24) is 15.6 Å². The molecule has 0 saturated carbocycles. The Kier molecular flexibility index (Phi) is 3.78. The third-order valence-electron chi connectivity index (χ3n) is 4.23. The maximum Gasteiger partial charge on any atom is 0.220 e. The summed E-state index contributed by atoms with van der Waals surface area (Å²) in [5.41, 5.74) is 1.18. The van der Waals surface area contributed by atoms with Gasteiger partial charge in [0.25, 0.3) is 0 Å². The predicted molar refractivity (Wildman–Crippen MR) is 73.7 cm³/mol. The number of piperidine rings is 1. The predicted octanol–water partition coefficient (Wildman–Crippen LogP) is 1.41. The molecular formula is C15H21N3O. The van der Waals surface area contributed by atoms with Gasteiger partial charge in [0.15, 0.2) is 0 Å². The van der Waals surface area contributed by atoms with Gasteiger partial charge >= 0.3 is 0 Å². The van der Waals surface area contributed by atoms with Crippen LogP contribution in [0.2, 0.25) is 0 Å². The molecule has 2 unspecified atom stereocenters. The van der Waals surface area contributed by atoms with Gasteiger partial charge in [0.05, 0.1) is 0 Å². The van der Waals surface area contributed by atoms with Crippen molar-refractivity contribution < 1.29 is 4.79 Å². The van der Waals surface area contributed by atoms with Crippen LogP contribution in [0.1, 0.15) is 37.7 Å². The summed E-state index contributed by atoms with van der Waals surface area (Å²) in [4.78, 5) is 16.0. The highest BCUT2D eigenvalue weighted by atomic mass is 16.1. The number of nitrogens with zero attached hydrogens (tertiary/aromatic N) is 1. The quantitative estimate of drug-likeness (QED) is 0.859. The minimum atomic E-state index is 0.183. The van der Waals surface area contributed by atoms with Crippen LogP contribution in [0.3, 0.4) is 0 Å². The monoisotopic (exact) mass is 259 g/mol. The first-order valence-electron chi connectivity index (χ1n) is 7.24. The van der Waals surface area contributed by atoms with Crippen LogP contribution in [0.5, 0.6) is 0 Å². The zero-order valence-corrected chi connectivity index (χ0v) is 11.1. The highest BCUT2D eigenvalue weighted by molar-refractivity contribution is 5.76. The van der Waals surface area contributed by atoms with Crippen LogP contribution in [-0.2, 0) is 11.2 Å². The molecule has 1 aromatic rings. The van der Waals surface area contributed by atoms with Crippen LogP contribution in [0, 0.1) is 0 Å². The van der Waals surface area contributed by atoms with Gasteiger partial charge < -0.3 is 10.6 Å². The molecule has 1 aromatic heterocycles. The maximum atomic E-state index is 12.0. The Labute approximate surface area is 114 Å². The number of rotatable bonds is 4. The Hall–Kier alpha value is -1.42. The molecule has 2 aliphatic rings. The van der Waals surface area contributed by atoms with Crippen LogP contribution in [-0.4, -0.2) is 29.0 Å². The Morgan fingerprint density at radius 2 is 1.95 bits per heavy atom. The van der Waals surface area contributed by atoms with Gasteiger partial charge in [-0.2, -0.15) is 0 Å². The molecule has 2 N–H and O–H groups in total. The van der Waals surface area contributed by atoms with Crippen molar-refractivity contribution in [3.05, 3.63) is 30.1 Å². The first-order valence-corrected chi connectivity index (χ1v) is 7.24. The summed E-state index contributed by atoms with van der Waals surface area (Å²) in [6.07, 6.45) is 9.65. The van der Waals surface area contributed by atoms with Gasteiger partial charge in [-0.05, 0) is 49.8 Å². The number of aryl methyl sites for hydroxylation is 1. The van der Waals surface area contributed by atoms with Crippen molar-refractivity contribution >= 4 is 5.91 Å². The van der Waals surface area contributed by atoms with Crippen molar-refractivity contribution in [2.75, 3.05) is 0 Å². The summed E-state index contributed by atoms with van der Waals surface area (Å²) in [5.74, 6) is 0.183. The lowest BCUT2D eigenvalue weighted by Gasteiger charge is -2.29. The summed E-state index contributed by atoms with van der Waals surface area (Å²) in [7, 11) is 0. The van der Waals surface area contributed by atoms with Crippen LogP contribution in [0.25, 0.3) is 0 Å². The van der Waals surface area contributed by atoms with E-state index in [4.69, 9.17) is 0 Å². The van der Waals surface area contributed by atoms with E-state index >= 15 is 0 Å². The summed E-state index contributed by atoms with van der Waals surface area (Å²) in [6, 6.07) is 5.58. The summed E-state index contributed by atoms with van der Waals surface area (Å²) in [5, 5.41) is 6.79. The molecule has 0 radical (unpaired) electrons. The number of amides is 1. The molecule has 3 rings (SSSR count). The molecule has 2 saturated heterocycles. The third-order valence-corrected chi connectivity index (χ3v) is 4.23. The van der Waals surface area contributed by atoms with Gasteiger partial charge in [0.2, 0.25) is 5.91 Å². The van der Waals surface area contributed by atoms with E-state index in [0.717, 1.165) is 19.3 Å². The second-order valence-electron chi connectivity index (χ2n) is 5.73. The van der Waals surface area contributed by atoms with E-state index in [-0.39, 0.29) is 5.91 Å². The first kappa shape index (κ1) is 12.6. The lowest BCUT2D eigenvalue weighted by molar-refractivity contribution is -0.122. The molecule has 1 amide bonds. The summed E-state index contributed by atoms with van der Waals surface area (Å²) in [6.45, 7) is 0. The van der Waals surface area contributed by atoms with E-state index < -0.39 is 0 Å². The summed E-state index contributed by atoms with van der Waals surface area (Å²) < 4.78 is 0. The fourth-order valence-electron chi connectivity index (χ4n) is 3.28. The topological polar surface area (TPSA) is 54.0 Å². The van der Waals surface area contributed by atoms with Crippen LogP contribution in [0.4, 0.5) is 0 Å². The van der Waals surface area contributed by atoms with E-state index in [1.807, 2.05) is 12.1 Å². The normalized spacial score (nSPS) is 29.2. The van der Waals surface area contributed by atoms with Gasteiger partial charge in [0.1, 0.15) is 0 Å². The number of carbonyl (C=O) groups excluding carboxylic acids is 1. The lowest BCUT2D eigenvalue weighted by Crippen LogP contribution is -2.48. The molecule has 2 atom stereocenters. The smallest absolute Gasteiger partial charge is 0.220 e. The van der Waals surface area contributed by atoms with E-state index in [1.165, 1.54) is 18.4 Å². The fourth-order valence-corrected chi connectivity index (χ4v) is 3.28. The highest BCUT2D eigenvalue weighted by Gasteiger charge is 2.33. The van der Waals surface area contributed by atoms with Crippen molar-refractivity contribution in [1.29, 1.82) is 0 Å². The largest absolute Gasteiger partial charge is 0.353 e. The van der Waals surface area contributed by atoms with Crippen molar-refractivity contribution in [2.45, 2.75) is 56.7 Å². The van der Waals surface area contributed by atoms with Crippen molar-refractivity contribution in [3.8, 4) is 0 Å². The number of aromatic nitrogens is 1. The van der Waals surface area contributed by atoms with E-state index in [2.05, 4.69) is 15.6 Å². The molecule has 0 spiro atoms. The lowest BCUT2D eigenvalue weighted by atomic mass is 9.99. The summed E-state index contributed by atoms with van der Waals surface area (Å²) >= 11 is 0. The van der Waals surface area contributed by atoms with E-state index in [1.54, 1.807) is 12.4 Å². The Bertz CT molecular complexity index is 422. The van der Waals surface area contributed by atoms with E-state index in [9.17, 15) is 4.79 Å². The number of hydrogen-bond acceptors (Lipinski definition) is 3. The molecule has 2 fully saturated rings. The molecule has 2 aliphatic heterocycles. The average Bonchev–Trinajstić information content (AvgIpc) is 2.77. The van der Waals surface area contributed by atoms with Gasteiger partial charge in [-0.3, -0.25) is 9.78 Å². The van der Waals surface area contributed by atoms with Gasteiger partial charge in [-0.15, -0.1) is 0 Å². The number of pyridine rings is 1. The Morgan fingerprint density at radius 3 is 2.63 bits per heavy atom. The minimum Gasteiger partial charge on any atom is -0.353 e. The molecular weight excluding hydrogens is 238 g/mol. The Morgan fingerprint density at radius 1 is 1.26 bits per heavy atom. The van der Waals surface area contributed by atoms with Crippen molar-refractivity contribution in [3.63, 3.8) is 0 Å². The van der Waals surface area contributed by atoms with Crippen LogP contribution in [0.15, 0.2) is 24.5 Å². The molecule has 0 aliphatic carbocycles. The second-order valence-corrected chi connectivity index (χ2v) is 5.73. The molecule has 0 aromatic carbocycles. The van der Waals surface area contributed by atoms with Crippen LogP contribution < -0.4 is 10.6 Å². The number of carbonyl (C=O) groups is 1. The van der Waals surface area contributed by atoms with E-state index in [0.29, 0.717) is 24.5 Å². The van der Waals surface area contributed by atoms with Gasteiger partial charge in [-0.1, -0.05) is 0 Å². The third kappa shape index (κ3) is 3.32. The van der Waals surface area contributed by atoms with Gasteiger partial charge in [-0.25, -0.2) is 0 Å². The first-order chi connectivity index (χ1) is 9.29. The Balaban J connectivity index is 1.44. The highest BCUT2D eigenvalue weighted by Crippen LogP contribution is 2.26. The fraction of sp³-hybridized carbons (Fsp3) is 0.600. The SMILES string of the molecule is O=C(CCc1ccncc1)NC1CC2CCC(C1)N2. The molecule has 3 heterocycles.